The molecule has 4 rings (SSSR count). The number of likely N-dealkylation sites (tertiary alicyclic amines) is 1. The summed E-state index contributed by atoms with van der Waals surface area (Å²) in [7, 11) is 0. The maximum atomic E-state index is 13.1. The van der Waals surface area contributed by atoms with E-state index in [0.29, 0.717) is 17.4 Å². The second-order valence-electron chi connectivity index (χ2n) is 6.45. The second kappa shape index (κ2) is 6.21. The van der Waals surface area contributed by atoms with Crippen LogP contribution in [0.15, 0.2) is 58.1 Å². The Kier molecular flexibility index (Phi) is 3.90. The molecule has 2 aromatic carbocycles. The lowest BCUT2D eigenvalue weighted by atomic mass is 10.1. The van der Waals surface area contributed by atoms with Crippen molar-refractivity contribution in [2.24, 2.45) is 0 Å². The Bertz CT molecular complexity index is 945. The highest BCUT2D eigenvalue weighted by Crippen LogP contribution is 2.19. The third kappa shape index (κ3) is 2.53. The number of hydrogen-bond donors (Lipinski definition) is 0. The minimum atomic E-state index is -0.197. The van der Waals surface area contributed by atoms with Crippen molar-refractivity contribution in [3.63, 3.8) is 0 Å². The largest absolute Gasteiger partial charge is 0.286 e. The summed E-state index contributed by atoms with van der Waals surface area (Å²) in [6, 6.07) is 15.0. The summed E-state index contributed by atoms with van der Waals surface area (Å²) in [5.41, 5.74) is -0.394. The maximum Gasteiger partial charge on any atom is 0.262 e. The number of piperidine rings is 1. The van der Waals surface area contributed by atoms with E-state index in [9.17, 15) is 9.59 Å². The van der Waals surface area contributed by atoms with Crippen molar-refractivity contribution in [2.45, 2.75) is 25.9 Å². The topological polar surface area (TPSA) is 42.3 Å². The highest BCUT2D eigenvalue weighted by atomic mass is 16.2. The van der Waals surface area contributed by atoms with Gasteiger partial charge in [0.15, 0.2) is 0 Å². The van der Waals surface area contributed by atoms with Gasteiger partial charge in [0.2, 0.25) is 0 Å². The van der Waals surface area contributed by atoms with Crippen molar-refractivity contribution >= 4 is 21.5 Å². The molecule has 3 aromatic rings. The fraction of sp³-hybridized carbons (Fsp3) is 0.300. The van der Waals surface area contributed by atoms with Crippen molar-refractivity contribution in [3.05, 3.63) is 69.2 Å². The van der Waals surface area contributed by atoms with Crippen LogP contribution in [0.25, 0.3) is 21.5 Å². The first-order chi connectivity index (χ1) is 11.8. The average Bonchev–Trinajstić information content (AvgIpc) is 2.73. The Morgan fingerprint density at radius 1 is 0.667 bits per heavy atom. The minimum Gasteiger partial charge on any atom is -0.286 e. The van der Waals surface area contributed by atoms with Gasteiger partial charge >= 0.3 is 0 Å². The SMILES string of the molecule is O=c1c2ccccc2c2ccccc2c(=O)n1CN1CCCCC1. The number of aromatic nitrogens is 1. The predicted octanol–water partition coefficient (Wildman–Crippen LogP) is 2.96. The Hall–Kier alpha value is -2.46. The van der Waals surface area contributed by atoms with Crippen LogP contribution in [0.1, 0.15) is 19.3 Å². The molecule has 0 spiro atoms. The Morgan fingerprint density at radius 3 is 1.62 bits per heavy atom. The molecule has 4 heteroatoms. The third-order valence-corrected chi connectivity index (χ3v) is 4.89. The first kappa shape index (κ1) is 15.1. The standard InChI is InChI=1S/C20H20N2O2/c23-19-17-10-4-2-8-15(17)16-9-3-5-11-18(16)20(24)22(19)14-21-12-6-1-7-13-21/h2-5,8-11H,1,6-7,12-14H2. The number of fused-ring (bicyclic) bond motifs is 3. The summed E-state index contributed by atoms with van der Waals surface area (Å²) in [4.78, 5) is 28.3. The molecule has 0 aliphatic carbocycles. The molecule has 2 heterocycles. The van der Waals surface area contributed by atoms with Gasteiger partial charge < -0.3 is 0 Å². The van der Waals surface area contributed by atoms with Gasteiger partial charge in [0.05, 0.1) is 6.67 Å². The molecule has 1 aliphatic heterocycles. The molecular weight excluding hydrogens is 300 g/mol. The zero-order chi connectivity index (χ0) is 16.5. The molecule has 0 saturated carbocycles. The molecule has 1 aromatic heterocycles. The highest BCUT2D eigenvalue weighted by molar-refractivity contribution is 6.05. The van der Waals surface area contributed by atoms with E-state index in [-0.39, 0.29) is 11.1 Å². The van der Waals surface area contributed by atoms with Gasteiger partial charge in [-0.3, -0.25) is 19.1 Å². The number of benzene rings is 2. The lowest BCUT2D eigenvalue weighted by molar-refractivity contribution is 0.178. The van der Waals surface area contributed by atoms with Crippen LogP contribution in [0, 0.1) is 0 Å². The summed E-state index contributed by atoms with van der Waals surface area (Å²) in [5, 5.41) is 2.89. The lowest BCUT2D eigenvalue weighted by Gasteiger charge is -2.26. The molecule has 24 heavy (non-hydrogen) atoms. The fourth-order valence-corrected chi connectivity index (χ4v) is 3.62. The summed E-state index contributed by atoms with van der Waals surface area (Å²) >= 11 is 0. The van der Waals surface area contributed by atoms with Gasteiger partial charge in [0, 0.05) is 10.8 Å². The molecule has 0 N–H and O–H groups in total. The molecular formula is C20H20N2O2. The van der Waals surface area contributed by atoms with E-state index in [2.05, 4.69) is 4.90 Å². The first-order valence-electron chi connectivity index (χ1n) is 8.53. The quantitative estimate of drug-likeness (QED) is 0.729. The van der Waals surface area contributed by atoms with Crippen LogP contribution in [0.5, 0.6) is 0 Å². The molecule has 122 valence electrons. The van der Waals surface area contributed by atoms with Gasteiger partial charge in [-0.05, 0) is 48.8 Å². The van der Waals surface area contributed by atoms with Gasteiger partial charge in [0.1, 0.15) is 0 Å². The van der Waals surface area contributed by atoms with Crippen LogP contribution in [-0.2, 0) is 6.67 Å². The summed E-state index contributed by atoms with van der Waals surface area (Å²) in [5.74, 6) is 0. The van der Waals surface area contributed by atoms with Crippen LogP contribution < -0.4 is 11.1 Å². The fourth-order valence-electron chi connectivity index (χ4n) is 3.62. The maximum absolute atomic E-state index is 13.1. The molecule has 0 unspecified atom stereocenters. The van der Waals surface area contributed by atoms with E-state index in [0.717, 1.165) is 36.7 Å². The number of rotatable bonds is 2. The Labute approximate surface area is 140 Å². The third-order valence-electron chi connectivity index (χ3n) is 4.89. The van der Waals surface area contributed by atoms with Crippen molar-refractivity contribution in [1.82, 2.24) is 9.47 Å². The number of hydrogen-bond acceptors (Lipinski definition) is 3. The van der Waals surface area contributed by atoms with Crippen LogP contribution in [0.3, 0.4) is 0 Å². The van der Waals surface area contributed by atoms with Gasteiger partial charge in [0.25, 0.3) is 11.1 Å². The highest BCUT2D eigenvalue weighted by Gasteiger charge is 2.15. The van der Waals surface area contributed by atoms with E-state index >= 15 is 0 Å². The Morgan fingerprint density at radius 2 is 1.12 bits per heavy atom. The van der Waals surface area contributed by atoms with Crippen LogP contribution in [0.2, 0.25) is 0 Å². The van der Waals surface area contributed by atoms with Crippen molar-refractivity contribution in [3.8, 4) is 0 Å². The molecule has 0 radical (unpaired) electrons. The van der Waals surface area contributed by atoms with E-state index in [4.69, 9.17) is 0 Å². The van der Waals surface area contributed by atoms with Crippen molar-refractivity contribution < 1.29 is 0 Å². The molecule has 1 saturated heterocycles. The molecule has 0 bridgehead atoms. The van der Waals surface area contributed by atoms with Gasteiger partial charge in [-0.1, -0.05) is 42.8 Å². The minimum absolute atomic E-state index is 0.197. The summed E-state index contributed by atoms with van der Waals surface area (Å²) in [6.45, 7) is 2.26. The predicted molar refractivity (Wildman–Crippen MR) is 97.4 cm³/mol. The molecule has 1 fully saturated rings. The molecule has 1 aliphatic rings. The summed E-state index contributed by atoms with van der Waals surface area (Å²) in [6.07, 6.45) is 3.48. The van der Waals surface area contributed by atoms with Crippen molar-refractivity contribution in [2.75, 3.05) is 13.1 Å². The normalized spacial score (nSPS) is 15.8. The lowest BCUT2D eigenvalue weighted by Crippen LogP contribution is -2.40. The summed E-state index contributed by atoms with van der Waals surface area (Å²) < 4.78 is 1.41. The second-order valence-corrected chi connectivity index (χ2v) is 6.45. The van der Waals surface area contributed by atoms with Crippen LogP contribution >= 0.6 is 0 Å². The monoisotopic (exact) mass is 320 g/mol. The van der Waals surface area contributed by atoms with E-state index < -0.39 is 0 Å². The first-order valence-corrected chi connectivity index (χ1v) is 8.53. The average molecular weight is 320 g/mol. The Balaban J connectivity index is 2.05. The number of nitrogens with zero attached hydrogens (tertiary/aromatic N) is 2. The van der Waals surface area contributed by atoms with E-state index in [1.165, 1.54) is 11.0 Å². The van der Waals surface area contributed by atoms with Gasteiger partial charge in [-0.2, -0.15) is 0 Å². The zero-order valence-corrected chi connectivity index (χ0v) is 13.6. The van der Waals surface area contributed by atoms with Crippen molar-refractivity contribution in [1.29, 1.82) is 0 Å². The smallest absolute Gasteiger partial charge is 0.262 e. The molecule has 4 nitrogen and oxygen atoms in total. The van der Waals surface area contributed by atoms with Gasteiger partial charge in [-0.15, -0.1) is 0 Å². The van der Waals surface area contributed by atoms with Crippen LogP contribution in [0.4, 0.5) is 0 Å². The molecule has 0 atom stereocenters. The molecule has 0 amide bonds. The van der Waals surface area contributed by atoms with Crippen LogP contribution in [-0.4, -0.2) is 22.6 Å². The van der Waals surface area contributed by atoms with E-state index in [1.54, 1.807) is 0 Å². The zero-order valence-electron chi connectivity index (χ0n) is 13.6. The van der Waals surface area contributed by atoms with Gasteiger partial charge in [-0.25, -0.2) is 0 Å². The van der Waals surface area contributed by atoms with E-state index in [1.807, 2.05) is 48.5 Å².